The number of amides is 2. The molecule has 0 saturated heterocycles. The van der Waals surface area contributed by atoms with Crippen molar-refractivity contribution in [2.75, 3.05) is 32.2 Å². The predicted octanol–water partition coefficient (Wildman–Crippen LogP) is 6.43. The highest BCUT2D eigenvalue weighted by Crippen LogP contribution is 2.45. The standard InChI is InChI=1S/C32H31ClN4O6/c1-4-5-16-34(32(39)21-12-14-24(33)28(18-21)37(40)41)20-30(38)36-26-10-7-6-9-25(26)35-17-8-11-27(35)31(36)23-19-22(42-2)13-15-29(23)43-3/h6-15,17-19,31H,4-5,16,20H2,1-3H3. The molecular formula is C32H31ClN4O6. The van der Waals surface area contributed by atoms with E-state index in [4.69, 9.17) is 21.1 Å². The Kier molecular flexibility index (Phi) is 8.68. The zero-order chi connectivity index (χ0) is 30.7. The van der Waals surface area contributed by atoms with Gasteiger partial charge in [-0.25, -0.2) is 0 Å². The molecule has 1 atom stereocenters. The maximum atomic E-state index is 14.5. The van der Waals surface area contributed by atoms with Gasteiger partial charge in [0.05, 0.1) is 36.2 Å². The average Bonchev–Trinajstić information content (AvgIpc) is 3.52. The zero-order valence-corrected chi connectivity index (χ0v) is 24.8. The number of hydrogen-bond acceptors (Lipinski definition) is 6. The Labute approximate surface area is 254 Å². The van der Waals surface area contributed by atoms with Gasteiger partial charge in [-0.2, -0.15) is 0 Å². The van der Waals surface area contributed by atoms with Crippen molar-refractivity contribution < 1.29 is 24.0 Å². The van der Waals surface area contributed by atoms with Gasteiger partial charge in [0.1, 0.15) is 29.1 Å². The molecule has 4 aromatic rings. The molecule has 0 N–H and O–H groups in total. The van der Waals surface area contributed by atoms with Crippen molar-refractivity contribution in [1.82, 2.24) is 9.47 Å². The molecule has 3 aromatic carbocycles. The highest BCUT2D eigenvalue weighted by molar-refractivity contribution is 6.32. The minimum Gasteiger partial charge on any atom is -0.497 e. The number of nitro benzene ring substituents is 1. The smallest absolute Gasteiger partial charge is 0.288 e. The van der Waals surface area contributed by atoms with Gasteiger partial charge in [0.15, 0.2) is 0 Å². The molecule has 0 saturated carbocycles. The van der Waals surface area contributed by atoms with Gasteiger partial charge in [-0.1, -0.05) is 37.1 Å². The Morgan fingerprint density at radius 2 is 1.77 bits per heavy atom. The number of nitro groups is 1. The molecular weight excluding hydrogens is 572 g/mol. The van der Waals surface area contributed by atoms with Crippen LogP contribution < -0.4 is 14.4 Å². The first kappa shape index (κ1) is 29.7. The SMILES string of the molecule is CCCCN(CC(=O)N1c2ccccc2-n2cccc2C1c1cc(OC)ccc1OC)C(=O)c1ccc(Cl)c([N+](=O)[O-])c1. The molecule has 1 unspecified atom stereocenters. The summed E-state index contributed by atoms with van der Waals surface area (Å²) in [7, 11) is 3.15. The molecule has 0 spiro atoms. The molecule has 43 heavy (non-hydrogen) atoms. The second-order valence-corrected chi connectivity index (χ2v) is 10.5. The number of unbranched alkanes of at least 4 members (excludes halogenated alkanes) is 1. The Hall–Kier alpha value is -4.83. The van der Waals surface area contributed by atoms with E-state index in [0.29, 0.717) is 29.2 Å². The fraction of sp³-hybridized carbons (Fsp3) is 0.250. The number of benzene rings is 3. The number of ether oxygens (including phenoxy) is 2. The van der Waals surface area contributed by atoms with Crippen molar-refractivity contribution in [3.05, 3.63) is 111 Å². The minimum absolute atomic E-state index is 0.0688. The van der Waals surface area contributed by atoms with E-state index in [1.807, 2.05) is 60.2 Å². The number of methoxy groups -OCH3 is 2. The van der Waals surface area contributed by atoms with Crippen LogP contribution in [0.25, 0.3) is 5.69 Å². The summed E-state index contributed by atoms with van der Waals surface area (Å²) in [6.45, 7) is 2.02. The van der Waals surface area contributed by atoms with Crippen LogP contribution in [0.5, 0.6) is 11.5 Å². The van der Waals surface area contributed by atoms with Crippen LogP contribution >= 0.6 is 11.6 Å². The number of nitrogens with zero attached hydrogens (tertiary/aromatic N) is 4. The van der Waals surface area contributed by atoms with E-state index in [1.165, 1.54) is 17.0 Å². The van der Waals surface area contributed by atoms with Gasteiger partial charge in [-0.3, -0.25) is 24.6 Å². The maximum Gasteiger partial charge on any atom is 0.288 e. The van der Waals surface area contributed by atoms with Crippen molar-refractivity contribution in [2.24, 2.45) is 0 Å². The van der Waals surface area contributed by atoms with E-state index in [1.54, 1.807) is 31.3 Å². The van der Waals surface area contributed by atoms with Gasteiger partial charge in [0, 0.05) is 29.9 Å². The van der Waals surface area contributed by atoms with Crippen LogP contribution in [-0.4, -0.2) is 53.5 Å². The predicted molar refractivity (Wildman–Crippen MR) is 164 cm³/mol. The molecule has 1 aromatic heterocycles. The zero-order valence-electron chi connectivity index (χ0n) is 24.0. The van der Waals surface area contributed by atoms with Gasteiger partial charge in [-0.05, 0) is 61.0 Å². The number of para-hydroxylation sites is 2. The van der Waals surface area contributed by atoms with Crippen molar-refractivity contribution >= 4 is 34.8 Å². The molecule has 11 heteroatoms. The fourth-order valence-electron chi connectivity index (χ4n) is 5.42. The lowest BCUT2D eigenvalue weighted by Crippen LogP contribution is -2.47. The van der Waals surface area contributed by atoms with Gasteiger partial charge in [-0.15, -0.1) is 0 Å². The number of anilines is 1. The van der Waals surface area contributed by atoms with Crippen LogP contribution in [0.15, 0.2) is 79.0 Å². The number of halogens is 1. The van der Waals surface area contributed by atoms with E-state index in [2.05, 4.69) is 0 Å². The summed E-state index contributed by atoms with van der Waals surface area (Å²) in [5.74, 6) is 0.348. The highest BCUT2D eigenvalue weighted by atomic mass is 35.5. The van der Waals surface area contributed by atoms with Gasteiger partial charge in [0.2, 0.25) is 5.91 Å². The first-order valence-electron chi connectivity index (χ1n) is 13.8. The van der Waals surface area contributed by atoms with Crippen LogP contribution in [0.4, 0.5) is 11.4 Å². The molecule has 222 valence electrons. The van der Waals surface area contributed by atoms with Crippen LogP contribution in [-0.2, 0) is 4.79 Å². The first-order chi connectivity index (χ1) is 20.8. The van der Waals surface area contributed by atoms with Crippen LogP contribution in [0.1, 0.15) is 47.4 Å². The fourth-order valence-corrected chi connectivity index (χ4v) is 5.60. The van der Waals surface area contributed by atoms with Crippen LogP contribution in [0.2, 0.25) is 5.02 Å². The van der Waals surface area contributed by atoms with Crippen molar-refractivity contribution in [1.29, 1.82) is 0 Å². The second-order valence-electron chi connectivity index (χ2n) is 10.1. The third-order valence-electron chi connectivity index (χ3n) is 7.50. The molecule has 1 aliphatic heterocycles. The van der Waals surface area contributed by atoms with E-state index in [-0.39, 0.29) is 35.3 Å². The molecule has 2 amide bonds. The summed E-state index contributed by atoms with van der Waals surface area (Å²) >= 11 is 6.00. The Morgan fingerprint density at radius 1 is 1.00 bits per heavy atom. The van der Waals surface area contributed by atoms with Crippen LogP contribution in [0, 0.1) is 10.1 Å². The lowest BCUT2D eigenvalue weighted by molar-refractivity contribution is -0.384. The summed E-state index contributed by atoms with van der Waals surface area (Å²) in [5, 5.41) is 11.4. The normalized spacial score (nSPS) is 13.6. The van der Waals surface area contributed by atoms with Gasteiger partial charge >= 0.3 is 0 Å². The van der Waals surface area contributed by atoms with Gasteiger partial charge < -0.3 is 18.9 Å². The third kappa shape index (κ3) is 5.65. The quantitative estimate of drug-likeness (QED) is 0.153. The third-order valence-corrected chi connectivity index (χ3v) is 7.82. The molecule has 5 rings (SSSR count). The van der Waals surface area contributed by atoms with E-state index in [0.717, 1.165) is 23.9 Å². The highest BCUT2D eigenvalue weighted by Gasteiger charge is 2.38. The van der Waals surface area contributed by atoms with E-state index in [9.17, 15) is 19.7 Å². The minimum atomic E-state index is -0.632. The van der Waals surface area contributed by atoms with E-state index >= 15 is 0 Å². The molecule has 10 nitrogen and oxygen atoms in total. The Morgan fingerprint density at radius 3 is 2.47 bits per heavy atom. The lowest BCUT2D eigenvalue weighted by Gasteiger charge is -2.40. The lowest BCUT2D eigenvalue weighted by atomic mass is 9.96. The van der Waals surface area contributed by atoms with E-state index < -0.39 is 16.9 Å². The second kappa shape index (κ2) is 12.6. The number of aromatic nitrogens is 1. The Balaban J connectivity index is 1.60. The molecule has 0 aliphatic carbocycles. The van der Waals surface area contributed by atoms with Crippen molar-refractivity contribution in [3.8, 4) is 17.2 Å². The molecule has 0 bridgehead atoms. The number of fused-ring (bicyclic) bond motifs is 3. The maximum absolute atomic E-state index is 14.5. The number of hydrogen-bond donors (Lipinski definition) is 0. The average molecular weight is 603 g/mol. The van der Waals surface area contributed by atoms with Crippen molar-refractivity contribution in [3.63, 3.8) is 0 Å². The van der Waals surface area contributed by atoms with Gasteiger partial charge in [0.25, 0.3) is 11.6 Å². The van der Waals surface area contributed by atoms with Crippen LogP contribution in [0.3, 0.4) is 0 Å². The molecule has 2 heterocycles. The molecule has 1 aliphatic rings. The van der Waals surface area contributed by atoms with Crippen molar-refractivity contribution in [2.45, 2.75) is 25.8 Å². The molecule has 0 radical (unpaired) electrons. The summed E-state index contributed by atoms with van der Waals surface area (Å²) in [5.41, 5.74) is 2.73. The largest absolute Gasteiger partial charge is 0.497 e. The Bertz CT molecular complexity index is 1690. The number of rotatable bonds is 10. The summed E-state index contributed by atoms with van der Waals surface area (Å²) in [6, 6.07) is 20.2. The topological polar surface area (TPSA) is 107 Å². The summed E-state index contributed by atoms with van der Waals surface area (Å²) in [6.07, 6.45) is 3.36. The molecule has 0 fully saturated rings. The first-order valence-corrected chi connectivity index (χ1v) is 14.2. The summed E-state index contributed by atoms with van der Waals surface area (Å²) < 4.78 is 13.3. The number of carbonyl (C=O) groups excluding carboxylic acids is 2. The monoisotopic (exact) mass is 602 g/mol. The number of carbonyl (C=O) groups is 2. The summed E-state index contributed by atoms with van der Waals surface area (Å²) in [4.78, 5) is 42.2.